The highest BCUT2D eigenvalue weighted by molar-refractivity contribution is 9.11. The fourth-order valence-electron chi connectivity index (χ4n) is 4.95. The largest absolute Gasteiger partial charge is 0.395 e. The molecular weight excluding hydrogens is 522 g/mol. The minimum absolute atomic E-state index is 0.0242. The molecule has 2 aliphatic heterocycles. The number of hydrogen-bond donors (Lipinski definition) is 1. The van der Waals surface area contributed by atoms with Crippen molar-refractivity contribution in [2.24, 2.45) is 0 Å². The highest BCUT2D eigenvalue weighted by atomic mass is 79.9. The van der Waals surface area contributed by atoms with Gasteiger partial charge in [-0.05, 0) is 81.1 Å². The van der Waals surface area contributed by atoms with Crippen LogP contribution in [0.1, 0.15) is 22.3 Å². The molecule has 1 atom stereocenters. The summed E-state index contributed by atoms with van der Waals surface area (Å²) in [5, 5.41) is 10.3. The first-order valence-electron chi connectivity index (χ1n) is 9.72. The molecule has 0 saturated carbocycles. The Hall–Kier alpha value is -1.48. The lowest BCUT2D eigenvalue weighted by molar-refractivity contribution is -0.189. The van der Waals surface area contributed by atoms with Crippen molar-refractivity contribution in [1.82, 2.24) is 4.57 Å². The van der Waals surface area contributed by atoms with Crippen LogP contribution in [0, 0.1) is 13.8 Å². The van der Waals surface area contributed by atoms with Crippen molar-refractivity contribution >= 4 is 48.5 Å². The topological polar surface area (TPSA) is 37.6 Å². The maximum atomic E-state index is 16.3. The van der Waals surface area contributed by atoms with Crippen molar-refractivity contribution in [3.05, 3.63) is 61.7 Å². The summed E-state index contributed by atoms with van der Waals surface area (Å²) >= 11 is 7.10. The van der Waals surface area contributed by atoms with Crippen LogP contribution in [0.5, 0.6) is 0 Å². The second-order valence-electron chi connectivity index (χ2n) is 7.96. The van der Waals surface area contributed by atoms with E-state index in [1.54, 1.807) is 17.2 Å². The lowest BCUT2D eigenvalue weighted by Gasteiger charge is -2.36. The van der Waals surface area contributed by atoms with Crippen LogP contribution in [-0.2, 0) is 22.9 Å². The second kappa shape index (κ2) is 6.76. The van der Waals surface area contributed by atoms with Crippen molar-refractivity contribution < 1.29 is 18.6 Å². The maximum absolute atomic E-state index is 16.3. The smallest absolute Gasteiger partial charge is 0.326 e. The van der Waals surface area contributed by atoms with E-state index in [2.05, 4.69) is 31.9 Å². The molecule has 0 radical (unpaired) electrons. The Kier molecular flexibility index (Phi) is 4.60. The molecule has 2 aliphatic rings. The fraction of sp³-hybridized carbons (Fsp3) is 0.364. The highest BCUT2D eigenvalue weighted by Gasteiger charge is 2.70. The van der Waals surface area contributed by atoms with Gasteiger partial charge in [-0.25, -0.2) is 0 Å². The number of aromatic nitrogens is 1. The summed E-state index contributed by atoms with van der Waals surface area (Å²) in [6.07, 6.45) is 1.71. The number of anilines is 1. The molecule has 0 spiro atoms. The van der Waals surface area contributed by atoms with Gasteiger partial charge in [-0.1, -0.05) is 0 Å². The Morgan fingerprint density at radius 3 is 2.50 bits per heavy atom. The maximum Gasteiger partial charge on any atom is 0.326 e. The van der Waals surface area contributed by atoms with Gasteiger partial charge < -0.3 is 19.3 Å². The minimum atomic E-state index is -3.26. The summed E-state index contributed by atoms with van der Waals surface area (Å²) in [7, 11) is 0. The average Bonchev–Trinajstić information content (AvgIpc) is 3.28. The van der Waals surface area contributed by atoms with Crippen LogP contribution >= 0.6 is 31.9 Å². The minimum Gasteiger partial charge on any atom is -0.395 e. The number of aliphatic hydroxyl groups excluding tert-OH is 1. The molecule has 1 fully saturated rings. The van der Waals surface area contributed by atoms with Gasteiger partial charge in [-0.2, -0.15) is 8.78 Å². The third-order valence-electron chi connectivity index (χ3n) is 6.02. The zero-order valence-electron chi connectivity index (χ0n) is 16.5. The summed E-state index contributed by atoms with van der Waals surface area (Å²) in [5.41, 5.74) is 1.43. The number of hydrogen-bond acceptors (Lipinski definition) is 3. The van der Waals surface area contributed by atoms with Gasteiger partial charge in [-0.3, -0.25) is 0 Å². The predicted octanol–water partition coefficient (Wildman–Crippen LogP) is 5.57. The SMILES string of the molecule is Cc1cc(Br)c2c(c1)C(F)(F)C1(c3cn(CCO)c4c(Br)cc(C)cc34)OCCN21. The van der Waals surface area contributed by atoms with Gasteiger partial charge in [0.15, 0.2) is 0 Å². The third kappa shape index (κ3) is 2.48. The summed E-state index contributed by atoms with van der Waals surface area (Å²) in [6.45, 7) is 4.52. The Balaban J connectivity index is 1.86. The van der Waals surface area contributed by atoms with E-state index in [4.69, 9.17) is 4.74 Å². The Labute approximate surface area is 189 Å². The Morgan fingerprint density at radius 1 is 1.07 bits per heavy atom. The Bertz CT molecular complexity index is 1190. The molecule has 8 heteroatoms. The monoisotopic (exact) mass is 540 g/mol. The number of rotatable bonds is 3. The first-order chi connectivity index (χ1) is 14.2. The van der Waals surface area contributed by atoms with Crippen LogP contribution in [0.4, 0.5) is 14.5 Å². The Morgan fingerprint density at radius 2 is 1.77 bits per heavy atom. The molecule has 158 valence electrons. The molecule has 0 aliphatic carbocycles. The van der Waals surface area contributed by atoms with Gasteiger partial charge >= 0.3 is 5.92 Å². The van der Waals surface area contributed by atoms with Gasteiger partial charge in [0.25, 0.3) is 0 Å². The van der Waals surface area contributed by atoms with Gasteiger partial charge in [0.2, 0.25) is 5.72 Å². The molecule has 3 heterocycles. The molecule has 0 bridgehead atoms. The van der Waals surface area contributed by atoms with E-state index in [-0.39, 0.29) is 18.8 Å². The first-order valence-corrected chi connectivity index (χ1v) is 11.3. The van der Waals surface area contributed by atoms with Gasteiger partial charge in [0, 0.05) is 39.2 Å². The van der Waals surface area contributed by atoms with Crippen molar-refractivity contribution in [1.29, 1.82) is 0 Å². The zero-order valence-corrected chi connectivity index (χ0v) is 19.6. The molecule has 30 heavy (non-hydrogen) atoms. The predicted molar refractivity (Wildman–Crippen MR) is 119 cm³/mol. The average molecular weight is 542 g/mol. The first kappa shape index (κ1) is 20.4. The van der Waals surface area contributed by atoms with Crippen LogP contribution < -0.4 is 4.90 Å². The molecule has 5 rings (SSSR count). The summed E-state index contributed by atoms with van der Waals surface area (Å²) < 4.78 is 41.8. The fourth-order valence-corrected chi connectivity index (χ4v) is 6.54. The quantitative estimate of drug-likeness (QED) is 0.471. The van der Waals surface area contributed by atoms with Gasteiger partial charge in [-0.15, -0.1) is 0 Å². The van der Waals surface area contributed by atoms with E-state index in [1.165, 1.54) is 0 Å². The molecule has 0 amide bonds. The summed E-state index contributed by atoms with van der Waals surface area (Å²) in [6, 6.07) is 7.28. The highest BCUT2D eigenvalue weighted by Crippen LogP contribution is 2.64. The van der Waals surface area contributed by atoms with E-state index in [0.717, 1.165) is 21.1 Å². The number of aryl methyl sites for hydroxylation is 2. The van der Waals surface area contributed by atoms with E-state index in [1.807, 2.05) is 36.6 Å². The number of aliphatic hydroxyl groups is 1. The summed E-state index contributed by atoms with van der Waals surface area (Å²) in [5.74, 6) is -3.26. The number of benzene rings is 2. The standard InChI is InChI=1S/C22H20Br2F2N2O2/c1-12-7-14-16(11-27(3-5-29)19(14)17(23)9-12)22-21(25,26)15-8-13(2)10-18(24)20(15)28(22)4-6-30-22/h7-11,29H,3-6H2,1-2H3. The number of fused-ring (bicyclic) bond motifs is 4. The van der Waals surface area contributed by atoms with Crippen LogP contribution in [0.3, 0.4) is 0 Å². The van der Waals surface area contributed by atoms with Gasteiger partial charge in [0.1, 0.15) is 0 Å². The van der Waals surface area contributed by atoms with Crippen LogP contribution in [0.2, 0.25) is 0 Å². The normalized spacial score (nSPS) is 22.0. The van der Waals surface area contributed by atoms with E-state index >= 15 is 8.78 Å². The lowest BCUT2D eigenvalue weighted by Crippen LogP contribution is -2.49. The van der Waals surface area contributed by atoms with Crippen molar-refractivity contribution in [3.8, 4) is 0 Å². The van der Waals surface area contributed by atoms with Crippen molar-refractivity contribution in [2.75, 3.05) is 24.7 Å². The van der Waals surface area contributed by atoms with Crippen molar-refractivity contribution in [3.63, 3.8) is 0 Å². The molecule has 3 aromatic rings. The lowest BCUT2D eigenvalue weighted by atomic mass is 9.93. The number of nitrogens with zero attached hydrogens (tertiary/aromatic N) is 2. The van der Waals surface area contributed by atoms with Crippen molar-refractivity contribution in [2.45, 2.75) is 32.0 Å². The molecule has 1 N–H and O–H groups in total. The zero-order chi connectivity index (χ0) is 21.4. The number of ether oxygens (including phenoxy) is 1. The van der Waals surface area contributed by atoms with E-state index in [9.17, 15) is 5.11 Å². The number of alkyl halides is 2. The van der Waals surface area contributed by atoms with Crippen LogP contribution in [0.25, 0.3) is 10.9 Å². The molecule has 1 aromatic heterocycles. The third-order valence-corrected chi connectivity index (χ3v) is 7.23. The van der Waals surface area contributed by atoms with Crippen LogP contribution in [-0.4, -0.2) is 29.4 Å². The second-order valence-corrected chi connectivity index (χ2v) is 9.67. The summed E-state index contributed by atoms with van der Waals surface area (Å²) in [4.78, 5) is 1.69. The molecule has 1 saturated heterocycles. The molecule has 2 aromatic carbocycles. The number of halogens is 4. The van der Waals surface area contributed by atoms with E-state index < -0.39 is 11.6 Å². The molecule has 1 unspecified atom stereocenters. The molecule has 4 nitrogen and oxygen atoms in total. The van der Waals surface area contributed by atoms with E-state index in [0.29, 0.717) is 34.2 Å². The van der Waals surface area contributed by atoms with Crippen LogP contribution in [0.15, 0.2) is 39.4 Å². The van der Waals surface area contributed by atoms with Gasteiger partial charge in [0.05, 0.1) is 30.0 Å². The molecular formula is C22H20Br2F2N2O2.